The van der Waals surface area contributed by atoms with E-state index in [1.165, 1.54) is 0 Å². The van der Waals surface area contributed by atoms with Crippen molar-refractivity contribution in [3.63, 3.8) is 0 Å². The molecule has 3 heterocycles. The Labute approximate surface area is 230 Å². The van der Waals surface area contributed by atoms with Gasteiger partial charge in [0.2, 0.25) is 5.78 Å². The summed E-state index contributed by atoms with van der Waals surface area (Å²) in [4.78, 5) is 15.7. The fraction of sp³-hybridized carbons (Fsp3) is 0.233. The van der Waals surface area contributed by atoms with E-state index >= 15 is 0 Å². The highest BCUT2D eigenvalue weighted by Gasteiger charge is 2.35. The van der Waals surface area contributed by atoms with E-state index in [2.05, 4.69) is 4.90 Å². The van der Waals surface area contributed by atoms with Crippen LogP contribution in [0.3, 0.4) is 0 Å². The molecule has 0 aliphatic carbocycles. The van der Waals surface area contributed by atoms with Gasteiger partial charge in [-0.25, -0.2) is 0 Å². The number of rotatable bonds is 5. The van der Waals surface area contributed by atoms with Gasteiger partial charge in [0.1, 0.15) is 24.0 Å². The number of carbonyl (C=O) groups excluding carboxylic acids is 1. The summed E-state index contributed by atoms with van der Waals surface area (Å²) in [6.07, 6.45) is 4.56. The molecule has 8 heteroatoms. The minimum atomic E-state index is -0.120. The molecule has 0 spiro atoms. The van der Waals surface area contributed by atoms with E-state index in [0.29, 0.717) is 40.4 Å². The van der Waals surface area contributed by atoms with Gasteiger partial charge >= 0.3 is 0 Å². The molecule has 0 radical (unpaired) electrons. The second kappa shape index (κ2) is 9.70. The number of fused-ring (bicyclic) bond motifs is 4. The Balaban J connectivity index is 1.30. The van der Waals surface area contributed by atoms with E-state index in [1.54, 1.807) is 13.2 Å². The molecule has 6 rings (SSSR count). The molecule has 0 saturated heterocycles. The third-order valence-electron chi connectivity index (χ3n) is 7.21. The molecule has 0 amide bonds. The Kier molecular flexibility index (Phi) is 6.34. The second-order valence-corrected chi connectivity index (χ2v) is 10.5. The molecular weight excluding hydrogens is 523 g/mol. The van der Waals surface area contributed by atoms with E-state index in [9.17, 15) is 4.79 Å². The molecule has 0 saturated carbocycles. The Morgan fingerprint density at radius 1 is 1.13 bits per heavy atom. The number of halogens is 2. The Morgan fingerprint density at radius 2 is 1.97 bits per heavy atom. The Hall–Kier alpha value is -3.45. The van der Waals surface area contributed by atoms with Crippen molar-refractivity contribution in [3.8, 4) is 17.2 Å². The van der Waals surface area contributed by atoms with Gasteiger partial charge in [-0.2, -0.15) is 0 Å². The number of carbonyl (C=O) groups is 1. The normalized spacial score (nSPS) is 15.9. The van der Waals surface area contributed by atoms with Crippen molar-refractivity contribution in [1.29, 1.82) is 0 Å². The van der Waals surface area contributed by atoms with Crippen LogP contribution in [-0.2, 0) is 20.0 Å². The third kappa shape index (κ3) is 4.33. The van der Waals surface area contributed by atoms with Crippen molar-refractivity contribution in [3.05, 3.63) is 92.3 Å². The third-order valence-corrected chi connectivity index (χ3v) is 7.80. The number of Topliss-reactive ketones (excluding diaryl/α,β-unsaturated/α-hetero) is 1. The molecular formula is C30H26Cl2N2O4. The Morgan fingerprint density at radius 3 is 2.76 bits per heavy atom. The van der Waals surface area contributed by atoms with Crippen LogP contribution < -0.4 is 14.2 Å². The number of aromatic nitrogens is 1. The minimum absolute atomic E-state index is 0.120. The number of aryl methyl sites for hydroxylation is 2. The second-order valence-electron chi connectivity index (χ2n) is 9.70. The van der Waals surface area contributed by atoms with Gasteiger partial charge in [-0.1, -0.05) is 29.3 Å². The van der Waals surface area contributed by atoms with Crippen molar-refractivity contribution in [1.82, 2.24) is 9.47 Å². The molecule has 0 atom stereocenters. The summed E-state index contributed by atoms with van der Waals surface area (Å²) in [7, 11) is 3.62. The number of benzene rings is 3. The van der Waals surface area contributed by atoms with Gasteiger partial charge < -0.3 is 18.8 Å². The van der Waals surface area contributed by atoms with E-state index < -0.39 is 0 Å². The molecule has 0 N–H and O–H groups in total. The van der Waals surface area contributed by atoms with E-state index in [1.807, 2.05) is 67.2 Å². The summed E-state index contributed by atoms with van der Waals surface area (Å²) in [5, 5.41) is 2.26. The average Bonchev–Trinajstić information content (AvgIpc) is 3.40. The largest absolute Gasteiger partial charge is 0.497 e. The summed E-state index contributed by atoms with van der Waals surface area (Å²) in [5.41, 5.74) is 5.28. The predicted molar refractivity (Wildman–Crippen MR) is 150 cm³/mol. The first-order valence-corrected chi connectivity index (χ1v) is 13.1. The summed E-state index contributed by atoms with van der Waals surface area (Å²) in [5.74, 6) is 2.28. The lowest BCUT2D eigenvalue weighted by Crippen LogP contribution is -2.34. The molecule has 4 aromatic rings. The van der Waals surface area contributed by atoms with Crippen LogP contribution in [0.15, 0.2) is 54.4 Å². The predicted octanol–water partition coefficient (Wildman–Crippen LogP) is 6.81. The zero-order valence-electron chi connectivity index (χ0n) is 21.3. The first kappa shape index (κ1) is 24.9. The summed E-state index contributed by atoms with van der Waals surface area (Å²) in [6.45, 7) is 3.71. The average molecular weight is 549 g/mol. The van der Waals surface area contributed by atoms with Crippen LogP contribution in [0.4, 0.5) is 0 Å². The smallest absolute Gasteiger partial charge is 0.232 e. The maximum absolute atomic E-state index is 13.5. The van der Waals surface area contributed by atoms with Gasteiger partial charge in [0, 0.05) is 52.8 Å². The highest BCUT2D eigenvalue weighted by Crippen LogP contribution is 2.44. The van der Waals surface area contributed by atoms with E-state index in [0.717, 1.165) is 57.6 Å². The van der Waals surface area contributed by atoms with Crippen LogP contribution >= 0.6 is 23.2 Å². The highest BCUT2D eigenvalue weighted by molar-refractivity contribution is 6.35. The maximum Gasteiger partial charge on any atom is 0.232 e. The van der Waals surface area contributed by atoms with Crippen LogP contribution in [0.2, 0.25) is 10.0 Å². The SMILES string of the molecule is COc1ccc2c(c1)c(/C=C1/Oc3c4c(cc(C)c3C1=O)OCN(CCc1ccc(Cl)cc1Cl)C4)cn2C. The van der Waals surface area contributed by atoms with E-state index in [4.69, 9.17) is 37.4 Å². The molecule has 6 nitrogen and oxygen atoms in total. The lowest BCUT2D eigenvalue weighted by atomic mass is 9.98. The Bertz CT molecular complexity index is 1640. The quantitative estimate of drug-likeness (QED) is 0.256. The van der Waals surface area contributed by atoms with Crippen LogP contribution in [-0.4, -0.2) is 35.6 Å². The van der Waals surface area contributed by atoms with Crippen molar-refractivity contribution in [2.45, 2.75) is 19.9 Å². The number of methoxy groups -OCH3 is 1. The van der Waals surface area contributed by atoms with Crippen molar-refractivity contribution < 1.29 is 19.0 Å². The van der Waals surface area contributed by atoms with Crippen LogP contribution in [0.5, 0.6) is 17.2 Å². The first-order valence-electron chi connectivity index (χ1n) is 12.3. The topological polar surface area (TPSA) is 52.9 Å². The lowest BCUT2D eigenvalue weighted by molar-refractivity contribution is 0.0949. The minimum Gasteiger partial charge on any atom is -0.497 e. The van der Waals surface area contributed by atoms with Gasteiger partial charge in [-0.15, -0.1) is 0 Å². The number of hydrogen-bond donors (Lipinski definition) is 0. The van der Waals surface area contributed by atoms with Crippen LogP contribution in [0.25, 0.3) is 17.0 Å². The highest BCUT2D eigenvalue weighted by atomic mass is 35.5. The van der Waals surface area contributed by atoms with Gasteiger partial charge in [-0.3, -0.25) is 9.69 Å². The first-order chi connectivity index (χ1) is 18.3. The molecule has 38 heavy (non-hydrogen) atoms. The zero-order chi connectivity index (χ0) is 26.6. The molecule has 1 aromatic heterocycles. The fourth-order valence-electron chi connectivity index (χ4n) is 5.21. The molecule has 0 fully saturated rings. The standard InChI is InChI=1S/C30H26Cl2N2O4/c1-17-10-26-23(15-34(16-37-26)9-8-18-4-5-20(31)12-24(18)32)30-28(17)29(35)27(38-30)11-19-14-33(2)25-7-6-21(36-3)13-22(19)25/h4-7,10-14H,8-9,15-16H2,1-3H3/b27-11+. The van der Waals surface area contributed by atoms with Gasteiger partial charge in [-0.05, 0) is 66.9 Å². The molecule has 3 aromatic carbocycles. The van der Waals surface area contributed by atoms with Crippen LogP contribution in [0, 0.1) is 6.92 Å². The van der Waals surface area contributed by atoms with E-state index in [-0.39, 0.29) is 5.78 Å². The molecule has 2 aliphatic rings. The fourth-order valence-corrected chi connectivity index (χ4v) is 5.71. The molecule has 2 aliphatic heterocycles. The zero-order valence-corrected chi connectivity index (χ0v) is 22.8. The van der Waals surface area contributed by atoms with Crippen LogP contribution in [0.1, 0.15) is 32.6 Å². The summed E-state index contributed by atoms with van der Waals surface area (Å²) in [6, 6.07) is 13.4. The molecule has 0 unspecified atom stereocenters. The van der Waals surface area contributed by atoms with Crippen molar-refractivity contribution in [2.24, 2.45) is 7.05 Å². The molecule has 0 bridgehead atoms. The molecule has 194 valence electrons. The van der Waals surface area contributed by atoms with Crippen molar-refractivity contribution >= 4 is 46.0 Å². The number of nitrogens with zero attached hydrogens (tertiary/aromatic N) is 2. The number of hydrogen-bond acceptors (Lipinski definition) is 5. The number of allylic oxidation sites excluding steroid dienone is 1. The van der Waals surface area contributed by atoms with Gasteiger partial charge in [0.15, 0.2) is 5.76 Å². The number of ketones is 1. The summed E-state index contributed by atoms with van der Waals surface area (Å²) < 4.78 is 19.8. The van der Waals surface area contributed by atoms with Crippen molar-refractivity contribution in [2.75, 3.05) is 20.4 Å². The lowest BCUT2D eigenvalue weighted by Gasteiger charge is -2.30. The van der Waals surface area contributed by atoms with Gasteiger partial charge in [0.05, 0.1) is 18.2 Å². The maximum atomic E-state index is 13.5. The summed E-state index contributed by atoms with van der Waals surface area (Å²) >= 11 is 12.4. The van der Waals surface area contributed by atoms with Gasteiger partial charge in [0.25, 0.3) is 0 Å². The monoisotopic (exact) mass is 548 g/mol. The number of ether oxygens (including phenoxy) is 3.